The lowest BCUT2D eigenvalue weighted by atomic mass is 10.2. The molecule has 0 spiro atoms. The monoisotopic (exact) mass is 447 g/mol. The quantitative estimate of drug-likeness (QED) is 0.659. The summed E-state index contributed by atoms with van der Waals surface area (Å²) in [7, 11) is 0. The number of aryl methyl sites for hydroxylation is 2. The maximum absolute atomic E-state index is 12.9. The first kappa shape index (κ1) is 19.9. The van der Waals surface area contributed by atoms with Crippen LogP contribution in [-0.4, -0.2) is 32.0 Å². The molecule has 1 saturated carbocycles. The van der Waals surface area contributed by atoms with Gasteiger partial charge in [-0.3, -0.25) is 14.2 Å². The molecule has 0 aromatic carbocycles. The van der Waals surface area contributed by atoms with Crippen LogP contribution in [0.5, 0.6) is 0 Å². The summed E-state index contributed by atoms with van der Waals surface area (Å²) in [5.41, 5.74) is 1.48. The molecule has 1 amide bonds. The molecule has 148 valence electrons. The minimum atomic E-state index is -4.43. The zero-order valence-electron chi connectivity index (χ0n) is 15.1. The second kappa shape index (κ2) is 7.65. The van der Waals surface area contributed by atoms with E-state index >= 15 is 0 Å². The van der Waals surface area contributed by atoms with Crippen molar-refractivity contribution in [2.75, 3.05) is 6.54 Å². The predicted octanol–water partition coefficient (Wildman–Crippen LogP) is 3.56. The number of nitrogens with one attached hydrogen (secondary N) is 1. The molecule has 2 aromatic heterocycles. The van der Waals surface area contributed by atoms with Crippen molar-refractivity contribution >= 4 is 21.8 Å². The Balaban J connectivity index is 1.50. The first-order valence-corrected chi connectivity index (χ1v) is 9.57. The fourth-order valence-electron chi connectivity index (χ4n) is 2.93. The summed E-state index contributed by atoms with van der Waals surface area (Å²) in [6.07, 6.45) is -2.13. The van der Waals surface area contributed by atoms with Gasteiger partial charge in [0.25, 0.3) is 0 Å². The van der Waals surface area contributed by atoms with Gasteiger partial charge in [0.05, 0.1) is 15.9 Å². The van der Waals surface area contributed by atoms with Crippen molar-refractivity contribution in [1.82, 2.24) is 24.9 Å². The molecular formula is C17H21BrF3N5O. The minimum absolute atomic E-state index is 0.103. The maximum atomic E-state index is 12.9. The molecule has 1 aliphatic rings. The Morgan fingerprint density at radius 3 is 2.56 bits per heavy atom. The van der Waals surface area contributed by atoms with Crippen LogP contribution in [0.2, 0.25) is 0 Å². The number of halogens is 4. The molecular weight excluding hydrogens is 427 g/mol. The van der Waals surface area contributed by atoms with E-state index in [-0.39, 0.29) is 18.4 Å². The van der Waals surface area contributed by atoms with E-state index in [4.69, 9.17) is 0 Å². The van der Waals surface area contributed by atoms with Gasteiger partial charge in [-0.2, -0.15) is 23.4 Å². The van der Waals surface area contributed by atoms with Crippen LogP contribution < -0.4 is 5.32 Å². The average molecular weight is 448 g/mol. The Labute approximate surface area is 163 Å². The van der Waals surface area contributed by atoms with Gasteiger partial charge in [-0.15, -0.1) is 0 Å². The number of rotatable bonds is 7. The van der Waals surface area contributed by atoms with Gasteiger partial charge in [-0.25, -0.2) is 0 Å². The molecule has 0 radical (unpaired) electrons. The Hall–Kier alpha value is -1.84. The summed E-state index contributed by atoms with van der Waals surface area (Å²) in [5.74, 6) is -0.0142. The smallest absolute Gasteiger partial charge is 0.354 e. The van der Waals surface area contributed by atoms with E-state index < -0.39 is 11.9 Å². The van der Waals surface area contributed by atoms with Gasteiger partial charge < -0.3 is 5.32 Å². The van der Waals surface area contributed by atoms with E-state index in [1.807, 2.05) is 13.8 Å². The molecule has 1 aliphatic carbocycles. The van der Waals surface area contributed by atoms with Crippen LogP contribution in [0.15, 0.2) is 10.5 Å². The number of carbonyl (C=O) groups excluding carboxylic acids is 1. The number of hydrogen-bond donors (Lipinski definition) is 1. The highest BCUT2D eigenvalue weighted by atomic mass is 79.9. The second-order valence-corrected chi connectivity index (χ2v) is 7.59. The highest BCUT2D eigenvalue weighted by Crippen LogP contribution is 2.42. The third-order valence-electron chi connectivity index (χ3n) is 4.55. The van der Waals surface area contributed by atoms with Gasteiger partial charge in [0, 0.05) is 24.7 Å². The SMILES string of the molecule is Cc1nn(CC(=O)NCCCn2nc(C(F)(F)F)cc2C2CC2)c(C)c1Br. The van der Waals surface area contributed by atoms with Crippen molar-refractivity contribution in [3.8, 4) is 0 Å². The number of hydrogen-bond acceptors (Lipinski definition) is 3. The molecule has 3 rings (SSSR count). The third-order valence-corrected chi connectivity index (χ3v) is 5.70. The van der Waals surface area contributed by atoms with Crippen molar-refractivity contribution in [3.05, 3.63) is 33.3 Å². The summed E-state index contributed by atoms with van der Waals surface area (Å²) >= 11 is 3.41. The van der Waals surface area contributed by atoms with Crippen LogP contribution in [0, 0.1) is 13.8 Å². The number of carbonyl (C=O) groups is 1. The van der Waals surface area contributed by atoms with Crippen molar-refractivity contribution < 1.29 is 18.0 Å². The second-order valence-electron chi connectivity index (χ2n) is 6.80. The Morgan fingerprint density at radius 1 is 1.30 bits per heavy atom. The molecule has 0 atom stereocenters. The maximum Gasteiger partial charge on any atom is 0.435 e. The molecule has 0 unspecified atom stereocenters. The van der Waals surface area contributed by atoms with E-state index in [1.54, 1.807) is 4.68 Å². The van der Waals surface area contributed by atoms with Crippen LogP contribution in [0.3, 0.4) is 0 Å². The fourth-order valence-corrected chi connectivity index (χ4v) is 3.22. The standard InChI is InChI=1S/C17H21BrF3N5O/c1-10-16(18)11(2)26(23-10)9-15(27)22-6-3-7-25-13(12-4-5-12)8-14(24-25)17(19,20)21/h8,12H,3-7,9H2,1-2H3,(H,22,27). The lowest BCUT2D eigenvalue weighted by molar-refractivity contribution is -0.141. The molecule has 0 saturated heterocycles. The normalized spacial score (nSPS) is 14.6. The summed E-state index contributed by atoms with van der Waals surface area (Å²) in [5, 5.41) is 10.8. The van der Waals surface area contributed by atoms with Crippen molar-refractivity contribution in [2.45, 2.75) is 58.3 Å². The van der Waals surface area contributed by atoms with Crippen LogP contribution in [0.4, 0.5) is 13.2 Å². The summed E-state index contributed by atoms with van der Waals surface area (Å²) in [6, 6.07) is 1.15. The fraction of sp³-hybridized carbons (Fsp3) is 0.588. The molecule has 2 heterocycles. The Morgan fingerprint density at radius 2 is 2.00 bits per heavy atom. The van der Waals surface area contributed by atoms with Gasteiger partial charge in [0.1, 0.15) is 6.54 Å². The van der Waals surface area contributed by atoms with Gasteiger partial charge in [0.2, 0.25) is 5.91 Å². The molecule has 2 aromatic rings. The van der Waals surface area contributed by atoms with Gasteiger partial charge in [-0.05, 0) is 55.1 Å². The minimum Gasteiger partial charge on any atom is -0.354 e. The lowest BCUT2D eigenvalue weighted by Gasteiger charge is -2.09. The van der Waals surface area contributed by atoms with Gasteiger partial charge >= 0.3 is 6.18 Å². The third kappa shape index (κ3) is 4.72. The molecule has 0 bridgehead atoms. The van der Waals surface area contributed by atoms with Crippen LogP contribution in [-0.2, 0) is 24.1 Å². The first-order valence-electron chi connectivity index (χ1n) is 8.78. The molecule has 0 aliphatic heterocycles. The topological polar surface area (TPSA) is 64.7 Å². The number of nitrogens with zero attached hydrogens (tertiary/aromatic N) is 4. The Kier molecular flexibility index (Phi) is 5.64. The van der Waals surface area contributed by atoms with Crippen molar-refractivity contribution in [1.29, 1.82) is 0 Å². The highest BCUT2D eigenvalue weighted by molar-refractivity contribution is 9.10. The lowest BCUT2D eigenvalue weighted by Crippen LogP contribution is -2.29. The van der Waals surface area contributed by atoms with Crippen LogP contribution >= 0.6 is 15.9 Å². The average Bonchev–Trinajstić information content (AvgIpc) is 3.29. The Bertz CT molecular complexity index is 838. The number of alkyl halides is 3. The molecule has 27 heavy (non-hydrogen) atoms. The van der Waals surface area contributed by atoms with E-state index in [9.17, 15) is 18.0 Å². The summed E-state index contributed by atoms with van der Waals surface area (Å²) in [4.78, 5) is 12.1. The predicted molar refractivity (Wildman–Crippen MR) is 96.2 cm³/mol. The zero-order valence-corrected chi connectivity index (χ0v) is 16.7. The van der Waals surface area contributed by atoms with Crippen molar-refractivity contribution in [3.63, 3.8) is 0 Å². The van der Waals surface area contributed by atoms with E-state index in [0.29, 0.717) is 25.2 Å². The van der Waals surface area contributed by atoms with Crippen molar-refractivity contribution in [2.24, 2.45) is 0 Å². The largest absolute Gasteiger partial charge is 0.435 e. The van der Waals surface area contributed by atoms with E-state index in [0.717, 1.165) is 34.8 Å². The van der Waals surface area contributed by atoms with Gasteiger partial charge in [-0.1, -0.05) is 0 Å². The summed E-state index contributed by atoms with van der Waals surface area (Å²) in [6.45, 7) is 4.53. The van der Waals surface area contributed by atoms with Crippen LogP contribution in [0.25, 0.3) is 0 Å². The number of amides is 1. The van der Waals surface area contributed by atoms with Crippen LogP contribution in [0.1, 0.15) is 48.0 Å². The first-order chi connectivity index (χ1) is 12.7. The molecule has 1 N–H and O–H groups in total. The highest BCUT2D eigenvalue weighted by Gasteiger charge is 2.37. The molecule has 1 fully saturated rings. The zero-order chi connectivity index (χ0) is 19.8. The van der Waals surface area contributed by atoms with Gasteiger partial charge in [0.15, 0.2) is 5.69 Å². The van der Waals surface area contributed by atoms with E-state index in [1.165, 1.54) is 4.68 Å². The van der Waals surface area contributed by atoms with E-state index in [2.05, 4.69) is 31.4 Å². The molecule has 10 heteroatoms. The molecule has 6 nitrogen and oxygen atoms in total. The summed E-state index contributed by atoms with van der Waals surface area (Å²) < 4.78 is 42.6. The number of aromatic nitrogens is 4.